The van der Waals surface area contributed by atoms with Crippen LogP contribution in [0.25, 0.3) is 0 Å². The van der Waals surface area contributed by atoms with Gasteiger partial charge in [0.25, 0.3) is 0 Å². The second-order valence-electron chi connectivity index (χ2n) is 3.78. The third kappa shape index (κ3) is 2.83. The highest BCUT2D eigenvalue weighted by Crippen LogP contribution is 2.28. The third-order valence-electron chi connectivity index (χ3n) is 2.46. The zero-order valence-electron chi connectivity index (χ0n) is 9.55. The van der Waals surface area contributed by atoms with Gasteiger partial charge in [0.05, 0.1) is 33.2 Å². The van der Waals surface area contributed by atoms with E-state index in [0.717, 1.165) is 12.1 Å². The predicted molar refractivity (Wildman–Crippen MR) is 72.9 cm³/mol. The van der Waals surface area contributed by atoms with Crippen LogP contribution in [0.5, 0.6) is 0 Å². The first kappa shape index (κ1) is 13.3. The van der Waals surface area contributed by atoms with Gasteiger partial charge in [-0.2, -0.15) is 5.26 Å². The second-order valence-corrected chi connectivity index (χ2v) is 4.64. The smallest absolute Gasteiger partial charge is 0.147 e. The van der Waals surface area contributed by atoms with Crippen LogP contribution in [-0.4, -0.2) is 0 Å². The summed E-state index contributed by atoms with van der Waals surface area (Å²) < 4.78 is 27.0. The van der Waals surface area contributed by atoms with Gasteiger partial charge < -0.3 is 11.1 Å². The Labute approximate surface area is 116 Å². The minimum Gasteiger partial charge on any atom is -0.397 e. The predicted octanol–water partition coefficient (Wildman–Crippen LogP) is 3.92. The Balaban J connectivity index is 2.37. The zero-order valence-corrected chi connectivity index (χ0v) is 11.1. The van der Waals surface area contributed by atoms with Crippen molar-refractivity contribution in [1.29, 1.82) is 5.26 Å². The van der Waals surface area contributed by atoms with E-state index < -0.39 is 11.6 Å². The minimum absolute atomic E-state index is 0.0305. The molecule has 0 atom stereocenters. The molecule has 3 nitrogen and oxygen atoms in total. The number of nitrogens with two attached hydrogens (primary N) is 1. The van der Waals surface area contributed by atoms with Gasteiger partial charge in [-0.3, -0.25) is 0 Å². The fraction of sp³-hybridized carbons (Fsp3) is 0. The molecule has 0 unspecified atom stereocenters. The molecule has 0 radical (unpaired) electrons. The lowest BCUT2D eigenvalue weighted by Crippen LogP contribution is -1.99. The van der Waals surface area contributed by atoms with Gasteiger partial charge >= 0.3 is 0 Å². The number of hydrogen-bond acceptors (Lipinski definition) is 3. The Morgan fingerprint density at radius 1 is 1.11 bits per heavy atom. The molecule has 2 rings (SSSR count). The Morgan fingerprint density at radius 2 is 1.84 bits per heavy atom. The van der Waals surface area contributed by atoms with E-state index in [-0.39, 0.29) is 15.8 Å². The topological polar surface area (TPSA) is 61.8 Å². The van der Waals surface area contributed by atoms with E-state index in [1.165, 1.54) is 18.2 Å². The molecule has 19 heavy (non-hydrogen) atoms. The molecule has 2 aromatic rings. The van der Waals surface area contributed by atoms with Crippen LogP contribution in [0.2, 0.25) is 0 Å². The molecule has 0 aromatic heterocycles. The number of nitrogen functional groups attached to an aromatic ring is 1. The highest BCUT2D eigenvalue weighted by molar-refractivity contribution is 9.10. The average molecular weight is 324 g/mol. The van der Waals surface area contributed by atoms with Gasteiger partial charge in [-0.25, -0.2) is 8.78 Å². The Kier molecular flexibility index (Phi) is 3.67. The maximum absolute atomic E-state index is 13.6. The first-order chi connectivity index (χ1) is 9.01. The van der Waals surface area contributed by atoms with Gasteiger partial charge in [0.1, 0.15) is 11.6 Å². The summed E-state index contributed by atoms with van der Waals surface area (Å²) >= 11 is 2.90. The lowest BCUT2D eigenvalue weighted by Gasteiger charge is -2.11. The normalized spacial score (nSPS) is 10.0. The van der Waals surface area contributed by atoms with Gasteiger partial charge in [-0.05, 0) is 40.2 Å². The molecule has 2 aromatic carbocycles. The summed E-state index contributed by atoms with van der Waals surface area (Å²) in [6.45, 7) is 0. The number of anilines is 3. The van der Waals surface area contributed by atoms with E-state index in [0.29, 0.717) is 11.3 Å². The largest absolute Gasteiger partial charge is 0.397 e. The van der Waals surface area contributed by atoms with Crippen molar-refractivity contribution >= 4 is 33.0 Å². The maximum Gasteiger partial charge on any atom is 0.147 e. The van der Waals surface area contributed by atoms with Crippen LogP contribution in [0.3, 0.4) is 0 Å². The number of nitriles is 1. The molecule has 0 aliphatic heterocycles. The lowest BCUT2D eigenvalue weighted by molar-refractivity contribution is 0.598. The van der Waals surface area contributed by atoms with Crippen molar-refractivity contribution in [1.82, 2.24) is 0 Å². The molecule has 0 bridgehead atoms. The number of hydrogen-bond donors (Lipinski definition) is 2. The number of rotatable bonds is 2. The Hall–Kier alpha value is -2.13. The van der Waals surface area contributed by atoms with Gasteiger partial charge in [-0.1, -0.05) is 0 Å². The van der Waals surface area contributed by atoms with Gasteiger partial charge in [0.15, 0.2) is 0 Å². The summed E-state index contributed by atoms with van der Waals surface area (Å²) in [7, 11) is 0. The molecule has 0 saturated heterocycles. The van der Waals surface area contributed by atoms with Gasteiger partial charge in [0.2, 0.25) is 0 Å². The number of benzene rings is 2. The molecule has 6 heteroatoms. The van der Waals surface area contributed by atoms with E-state index >= 15 is 0 Å². The molecule has 96 valence electrons. The van der Waals surface area contributed by atoms with Crippen LogP contribution in [0, 0.1) is 23.0 Å². The van der Waals surface area contributed by atoms with Crippen molar-refractivity contribution in [3.05, 3.63) is 52.0 Å². The number of halogens is 3. The highest BCUT2D eigenvalue weighted by Gasteiger charge is 2.10. The quantitative estimate of drug-likeness (QED) is 0.650. The van der Waals surface area contributed by atoms with Crippen molar-refractivity contribution in [2.75, 3.05) is 11.1 Å². The molecule has 0 heterocycles. The number of nitrogens with zero attached hydrogens (tertiary/aromatic N) is 1. The van der Waals surface area contributed by atoms with Crippen LogP contribution in [0.1, 0.15) is 5.56 Å². The van der Waals surface area contributed by atoms with Gasteiger partial charge in [0, 0.05) is 6.07 Å². The summed E-state index contributed by atoms with van der Waals surface area (Å²) in [5, 5.41) is 11.4. The SMILES string of the molecule is N#Cc1ccc(Nc2cc(F)c(Br)cc2F)c(N)c1. The second kappa shape index (κ2) is 5.24. The van der Waals surface area contributed by atoms with E-state index in [2.05, 4.69) is 21.2 Å². The van der Waals surface area contributed by atoms with Crippen LogP contribution in [-0.2, 0) is 0 Å². The molecular formula is C13H8BrF2N3. The Morgan fingerprint density at radius 3 is 2.47 bits per heavy atom. The third-order valence-corrected chi connectivity index (χ3v) is 3.07. The molecule has 3 N–H and O–H groups in total. The molecule has 0 amide bonds. The summed E-state index contributed by atoms with van der Waals surface area (Å²) in [6.07, 6.45) is 0. The summed E-state index contributed by atoms with van der Waals surface area (Å²) in [5.41, 5.74) is 6.77. The summed E-state index contributed by atoms with van der Waals surface area (Å²) in [5.74, 6) is -1.20. The number of nitrogens with one attached hydrogen (secondary N) is 1. The first-order valence-corrected chi connectivity index (χ1v) is 6.01. The monoisotopic (exact) mass is 323 g/mol. The van der Waals surface area contributed by atoms with Crippen LogP contribution < -0.4 is 11.1 Å². The standard InChI is InChI=1S/C13H8BrF2N3/c14-8-4-10(16)13(5-9(8)15)19-12-2-1-7(6-17)3-11(12)18/h1-5,19H,18H2. The van der Waals surface area contributed by atoms with E-state index in [9.17, 15) is 8.78 Å². The van der Waals surface area contributed by atoms with Crippen molar-refractivity contribution in [2.24, 2.45) is 0 Å². The van der Waals surface area contributed by atoms with Crippen molar-refractivity contribution in [3.8, 4) is 6.07 Å². The molecular weight excluding hydrogens is 316 g/mol. The van der Waals surface area contributed by atoms with Crippen molar-refractivity contribution in [3.63, 3.8) is 0 Å². The summed E-state index contributed by atoms with van der Waals surface area (Å²) in [4.78, 5) is 0. The van der Waals surface area contributed by atoms with Crippen LogP contribution in [0.15, 0.2) is 34.8 Å². The fourth-order valence-electron chi connectivity index (χ4n) is 1.51. The highest BCUT2D eigenvalue weighted by atomic mass is 79.9. The maximum atomic E-state index is 13.6. The first-order valence-electron chi connectivity index (χ1n) is 5.22. The summed E-state index contributed by atoms with van der Waals surface area (Å²) in [6, 6.07) is 8.51. The van der Waals surface area contributed by atoms with E-state index in [1.807, 2.05) is 6.07 Å². The molecule has 0 fully saturated rings. The molecule has 0 aliphatic carbocycles. The van der Waals surface area contributed by atoms with Gasteiger partial charge in [-0.15, -0.1) is 0 Å². The van der Waals surface area contributed by atoms with E-state index in [4.69, 9.17) is 11.0 Å². The minimum atomic E-state index is -0.614. The lowest BCUT2D eigenvalue weighted by atomic mass is 10.2. The van der Waals surface area contributed by atoms with Crippen LogP contribution in [0.4, 0.5) is 25.8 Å². The van der Waals surface area contributed by atoms with Crippen molar-refractivity contribution < 1.29 is 8.78 Å². The fourth-order valence-corrected chi connectivity index (χ4v) is 1.82. The molecule has 0 saturated carbocycles. The van der Waals surface area contributed by atoms with E-state index in [1.54, 1.807) is 0 Å². The Bertz CT molecular complexity index is 680. The molecule has 0 spiro atoms. The average Bonchev–Trinajstić information content (AvgIpc) is 2.38. The zero-order chi connectivity index (χ0) is 14.0. The van der Waals surface area contributed by atoms with Crippen molar-refractivity contribution in [2.45, 2.75) is 0 Å². The van der Waals surface area contributed by atoms with Crippen LogP contribution >= 0.6 is 15.9 Å². The molecule has 0 aliphatic rings.